The molecule has 20 rings (SSSR count). The van der Waals surface area contributed by atoms with E-state index in [0.717, 1.165) is 183 Å². The number of likely N-dealkylation sites (tertiary alicyclic amines) is 4. The summed E-state index contributed by atoms with van der Waals surface area (Å²) in [5, 5.41) is 24.4. The van der Waals surface area contributed by atoms with Gasteiger partial charge in [-0.05, 0) is 312 Å². The molecule has 6 aromatic carbocycles. The minimum absolute atomic E-state index is 0.0447. The fraction of sp³-hybridized carbons (Fsp3) is 0.481. The van der Waals surface area contributed by atoms with E-state index in [0.29, 0.717) is 175 Å². The first-order chi connectivity index (χ1) is 70.9. The lowest BCUT2D eigenvalue weighted by Crippen LogP contribution is -2.48. The average Bonchev–Trinajstić information content (AvgIpc) is 1.63. The van der Waals surface area contributed by atoms with Gasteiger partial charge in [-0.1, -0.05) is 71.7 Å². The summed E-state index contributed by atoms with van der Waals surface area (Å²) in [4.78, 5) is 143. The van der Waals surface area contributed by atoms with Crippen LogP contribution in [0, 0.1) is 23.7 Å². The highest BCUT2D eigenvalue weighted by molar-refractivity contribution is 7.91. The molecule has 13 heterocycles. The summed E-state index contributed by atoms with van der Waals surface area (Å²) < 4.78 is 76.2. The number of aromatic amines is 8. The number of halogens is 2. The van der Waals surface area contributed by atoms with Crippen LogP contribution in [0.25, 0.3) is 90.4 Å². The number of nitrogens with zero attached hydrogens (tertiary/aromatic N) is 12. The number of aromatic nitrogens is 16. The van der Waals surface area contributed by atoms with E-state index >= 15 is 0 Å². The molecule has 149 heavy (non-hydrogen) atoms. The zero-order valence-electron chi connectivity index (χ0n) is 86.4. The number of sulfone groups is 2. The number of hydrogen-bond acceptors (Lipinski definition) is 21. The second kappa shape index (κ2) is 45.0. The van der Waals surface area contributed by atoms with Crippen molar-refractivity contribution in [3.63, 3.8) is 0 Å². The summed E-state index contributed by atoms with van der Waals surface area (Å²) >= 11 is 12.2. The van der Waals surface area contributed by atoms with E-state index in [9.17, 15) is 60.3 Å². The van der Waals surface area contributed by atoms with Gasteiger partial charge in [-0.3, -0.25) is 44.4 Å². The van der Waals surface area contributed by atoms with Gasteiger partial charge in [-0.15, -0.1) is 0 Å². The number of fused-ring (bicyclic) bond motifs is 4. The fourth-order valence-electron chi connectivity index (χ4n) is 20.3. The van der Waals surface area contributed by atoms with Crippen LogP contribution in [0.3, 0.4) is 0 Å². The smallest absolute Gasteiger partial charge is 0.410 e. The van der Waals surface area contributed by atoms with E-state index in [1.165, 1.54) is 45.1 Å². The Balaban J connectivity index is 0.000000136. The Morgan fingerprint density at radius 3 is 1.15 bits per heavy atom. The van der Waals surface area contributed by atoms with Crippen molar-refractivity contribution >= 4 is 111 Å². The highest BCUT2D eigenvalue weighted by Crippen LogP contribution is 2.42. The van der Waals surface area contributed by atoms with E-state index in [2.05, 4.69) is 60.3 Å². The van der Waals surface area contributed by atoms with E-state index in [1.807, 2.05) is 116 Å². The van der Waals surface area contributed by atoms with Gasteiger partial charge in [0.1, 0.15) is 16.8 Å². The molecule has 9 N–H and O–H groups in total. The molecule has 4 amide bonds. The van der Waals surface area contributed by atoms with Gasteiger partial charge >= 0.3 is 18.3 Å². The Kier molecular flexibility index (Phi) is 32.4. The quantitative estimate of drug-likeness (QED) is 0.0254. The minimum atomic E-state index is -3.43. The summed E-state index contributed by atoms with van der Waals surface area (Å²) in [6.45, 7) is 24.5. The number of hydrogen-bond donors (Lipinski definition) is 9. The Morgan fingerprint density at radius 2 is 0.758 bits per heavy atom. The predicted octanol–water partition coefficient (Wildman–Crippen LogP) is 17.7. The molecule has 5 saturated heterocycles. The van der Waals surface area contributed by atoms with Crippen molar-refractivity contribution in [2.45, 2.75) is 242 Å². The summed E-state index contributed by atoms with van der Waals surface area (Å²) in [5.74, 6) is 3.76. The van der Waals surface area contributed by atoms with Gasteiger partial charge < -0.3 is 63.6 Å². The van der Waals surface area contributed by atoms with Crippen molar-refractivity contribution < 1.29 is 60.1 Å². The van der Waals surface area contributed by atoms with Crippen molar-refractivity contribution in [2.75, 3.05) is 78.1 Å². The van der Waals surface area contributed by atoms with Crippen molar-refractivity contribution in [1.29, 1.82) is 0 Å². The van der Waals surface area contributed by atoms with Crippen molar-refractivity contribution in [2.24, 2.45) is 23.7 Å². The number of carbonyl (C=O) groups is 4. The first-order valence-corrected chi connectivity index (χ1v) is 56.1. The third kappa shape index (κ3) is 26.2. The largest absolute Gasteiger partial charge is 0.447 e. The minimum Gasteiger partial charge on any atom is -0.447 e. The van der Waals surface area contributed by atoms with Crippen molar-refractivity contribution in [1.82, 2.24) is 98.6 Å². The number of para-hydroxylation sites is 4. The van der Waals surface area contributed by atoms with E-state index in [-0.39, 0.29) is 68.2 Å². The maximum Gasteiger partial charge on any atom is 0.410 e. The van der Waals surface area contributed by atoms with Crippen LogP contribution in [-0.2, 0) is 69.1 Å². The van der Waals surface area contributed by atoms with Gasteiger partial charge in [0.05, 0.1) is 71.4 Å². The third-order valence-electron chi connectivity index (χ3n) is 28.6. The molecule has 37 nitrogen and oxygen atoms in total. The van der Waals surface area contributed by atoms with E-state index < -0.39 is 36.5 Å². The Bertz CT molecular complexity index is 7610. The third-order valence-corrected chi connectivity index (χ3v) is 31.3. The highest BCUT2D eigenvalue weighted by Gasteiger charge is 2.38. The number of imidazole rings is 4. The van der Waals surface area contributed by atoms with Crippen LogP contribution >= 0.6 is 23.2 Å². The summed E-state index contributed by atoms with van der Waals surface area (Å²) in [5.41, 5.74) is 10.6. The molecule has 6 aliphatic rings. The zero-order chi connectivity index (χ0) is 106. The number of piperidine rings is 4. The molecule has 0 radical (unpaired) electrons. The van der Waals surface area contributed by atoms with Crippen LogP contribution in [0.4, 0.5) is 14.4 Å². The maximum atomic E-state index is 13.8. The lowest BCUT2D eigenvalue weighted by molar-refractivity contribution is -0.149. The molecule has 6 fully saturated rings. The normalized spacial score (nSPS) is 16.3. The van der Waals surface area contributed by atoms with Crippen LogP contribution in [0.5, 0.6) is 0 Å². The van der Waals surface area contributed by atoms with Crippen molar-refractivity contribution in [3.05, 3.63) is 219 Å². The molecule has 8 aromatic heterocycles. The number of rotatable bonds is 24. The van der Waals surface area contributed by atoms with Gasteiger partial charge in [-0.25, -0.2) is 51.2 Å². The topological polar surface area (TPSA) is 473 Å². The Hall–Kier alpha value is -13.1. The van der Waals surface area contributed by atoms with Crippen LogP contribution in [0.1, 0.15) is 217 Å². The van der Waals surface area contributed by atoms with Crippen LogP contribution in [0.2, 0.25) is 10.0 Å². The number of nitrogens with one attached hydrogen (secondary N) is 8. The molecular weight excluding hydrogens is 1980 g/mol. The second-order valence-corrected chi connectivity index (χ2v) is 47.9. The molecular formula is C108H134Cl2N20O17S2. The predicted molar refractivity (Wildman–Crippen MR) is 572 cm³/mol. The van der Waals surface area contributed by atoms with Gasteiger partial charge in [0.25, 0.3) is 28.1 Å². The van der Waals surface area contributed by atoms with Crippen LogP contribution in [-0.4, -0.2) is 246 Å². The van der Waals surface area contributed by atoms with E-state index in [4.69, 9.17) is 42.1 Å². The number of ether oxygens (including phenoxy) is 4. The SMILES string of the molecule is CC(C)(C)OC(=O)N1CCC(CCc2c(-c3ccc(S(C)(=O)=O)cc3)[nH]n(-c3nc4ccccc4[nH]3)c2=O)CC1.CC(C)(C)OC(=O)N1CCC(CCc2c(-c3cccc(S(C)(=O)=O)c3)[nH]n(-c3nc4ccccc4[nH]3)c2=O)CC1.CC(C)(O)C(=O)N1CCC(CCc2c(C3CC3)[nH]n(-c3nc4ccc(Cl)cc4[nH]3)c2=O)CC1.CC(C)OC(=O)N1CCC(c2[nH]n(-c3nc4ccc(Cl)cc4[nH]3)c(=O)c2CCC2CCOCC2)CC1. The number of aliphatic hydroxyl groups is 1. The molecule has 5 aliphatic heterocycles. The molecule has 14 aromatic rings. The Labute approximate surface area is 873 Å². The monoisotopic (exact) mass is 2120 g/mol. The molecule has 41 heteroatoms. The second-order valence-electron chi connectivity index (χ2n) is 43.0. The lowest BCUT2D eigenvalue weighted by Gasteiger charge is -2.35. The fourth-order valence-corrected chi connectivity index (χ4v) is 22.0. The number of carbonyl (C=O) groups excluding carboxylic acids is 4. The van der Waals surface area contributed by atoms with Crippen LogP contribution in [0.15, 0.2) is 162 Å². The molecule has 0 spiro atoms. The van der Waals surface area contributed by atoms with Gasteiger partial charge in [0.15, 0.2) is 19.7 Å². The summed E-state index contributed by atoms with van der Waals surface area (Å²) in [6, 6.07) is 39.1. The molecule has 0 atom stereocenters. The first-order valence-electron chi connectivity index (χ1n) is 51.6. The zero-order valence-corrected chi connectivity index (χ0v) is 89.5. The van der Waals surface area contributed by atoms with Crippen LogP contribution < -0.4 is 22.2 Å². The lowest BCUT2D eigenvalue weighted by atomic mass is 9.88. The number of amides is 4. The molecule has 1 saturated carbocycles. The number of H-pyrrole nitrogens is 8. The van der Waals surface area contributed by atoms with E-state index in [1.54, 1.807) is 92.4 Å². The number of benzene rings is 6. The van der Waals surface area contributed by atoms with Crippen molar-refractivity contribution in [3.8, 4) is 46.3 Å². The molecule has 1 aliphatic carbocycles. The summed E-state index contributed by atoms with van der Waals surface area (Å²) in [6.07, 6.45) is 18.1. The first kappa shape index (κ1) is 107. The summed E-state index contributed by atoms with van der Waals surface area (Å²) in [7, 11) is -6.78. The van der Waals surface area contributed by atoms with Gasteiger partial charge in [0, 0.05) is 139 Å². The molecule has 794 valence electrons. The molecule has 0 bridgehead atoms. The van der Waals surface area contributed by atoms with Gasteiger partial charge in [0.2, 0.25) is 23.8 Å². The maximum absolute atomic E-state index is 13.8. The average molecular weight is 2120 g/mol. The van der Waals surface area contributed by atoms with Gasteiger partial charge in [-0.2, -0.15) is 18.7 Å². The standard InChI is InChI=1S/2C29H35N5O5S.C26H34ClN5O4.C24H30ClN5O3/c1-29(2,3)39-28(36)33-16-14-19(15-17-33)12-13-22-25(20-8-7-9-21(18-20)40(4,37)38)32-34(26(22)35)27-30-23-10-5-6-11-24(23)31-27;1-29(2,3)39-28(36)33-17-15-19(16-18-33)9-14-22-25(20-10-12-21(13-11-20)40(4,37)38)32-34(26(22)35)27-30-23-7-5-6-8-24(23)31-27;1-16(2)36-26(34)31-11-7-18(8-12-31)23-20(5-3-17-9-13-35-14-10-17)24(33)32(30-23)25-28-21-6-4-19(27)15-22(21)29-25;1-24(2,33)22(32)29-11-9-14(10-12-29)3-7-17-20(15-4-5-15)28-30(21(17)31)23-26-18-8-6-16(25)13-19(18)27-23/h5-11,18-19,32H,12-17H2,1-4H3,(H,30,31);5-8,10-13,19,32H,9,14-18H2,1-4H3,(H,30,31);4,6,15-18,30H,3,5,7-14H2,1-2H3,(H,28,29);6,8,13-15,28,33H,3-5,7,9-12H2,1-2H3,(H,26,27). The highest BCUT2D eigenvalue weighted by atomic mass is 35.5. The Morgan fingerprint density at radius 1 is 0.403 bits per heavy atom. The molecule has 0 unspecified atom stereocenters.